The zero-order valence-electron chi connectivity index (χ0n) is 12.5. The van der Waals surface area contributed by atoms with Crippen LogP contribution in [0.15, 0.2) is 18.2 Å². The van der Waals surface area contributed by atoms with E-state index in [1.165, 1.54) is 0 Å². The summed E-state index contributed by atoms with van der Waals surface area (Å²) in [4.78, 5) is 12.4. The molecule has 23 heavy (non-hydrogen) atoms. The minimum atomic E-state index is -0.838. The van der Waals surface area contributed by atoms with E-state index in [4.69, 9.17) is 28.9 Å². The molecule has 4 N–H and O–H groups in total. The van der Waals surface area contributed by atoms with E-state index in [9.17, 15) is 9.90 Å². The van der Waals surface area contributed by atoms with Gasteiger partial charge in [-0.25, -0.2) is 0 Å². The third-order valence-electron chi connectivity index (χ3n) is 5.02. The summed E-state index contributed by atoms with van der Waals surface area (Å²) in [5.74, 6) is 0.718. The molecule has 0 saturated heterocycles. The molecule has 2 aliphatic carbocycles. The third kappa shape index (κ3) is 3.94. The summed E-state index contributed by atoms with van der Waals surface area (Å²) in [6.45, 7) is 0.135. The topological polar surface area (TPSA) is 75.4 Å². The molecule has 7 heteroatoms. The second-order valence-corrected chi connectivity index (χ2v) is 7.27. The molecule has 2 aliphatic rings. The summed E-state index contributed by atoms with van der Waals surface area (Å²) in [7, 11) is 0. The van der Waals surface area contributed by atoms with Crippen molar-refractivity contribution >= 4 is 41.5 Å². The molecule has 1 amide bonds. The van der Waals surface area contributed by atoms with Gasteiger partial charge in [-0.05, 0) is 54.9 Å². The molecule has 128 valence electrons. The van der Waals surface area contributed by atoms with Gasteiger partial charge in [-0.1, -0.05) is 23.2 Å². The van der Waals surface area contributed by atoms with E-state index in [1.54, 1.807) is 18.2 Å². The van der Waals surface area contributed by atoms with Gasteiger partial charge in [-0.2, -0.15) is 0 Å². The Balaban J connectivity index is 0.00000192. The number of fused-ring (bicyclic) bond motifs is 2. The SMILES string of the molecule is Cl.NC1C2CCC(C2)C1C(=O)NCC(O)c1cc(Cl)cc(Cl)c1. The predicted molar refractivity (Wildman–Crippen MR) is 94.0 cm³/mol. The molecule has 3 rings (SSSR count). The average Bonchev–Trinajstić information content (AvgIpc) is 3.04. The normalized spacial score (nSPS) is 29.9. The molecule has 5 atom stereocenters. The van der Waals surface area contributed by atoms with Gasteiger partial charge in [-0.3, -0.25) is 4.79 Å². The van der Waals surface area contributed by atoms with Gasteiger partial charge in [0.15, 0.2) is 0 Å². The molecule has 2 saturated carbocycles. The molecule has 5 unspecified atom stereocenters. The van der Waals surface area contributed by atoms with Crippen LogP contribution in [0, 0.1) is 17.8 Å². The quantitative estimate of drug-likeness (QED) is 0.753. The smallest absolute Gasteiger partial charge is 0.225 e. The Bertz CT molecular complexity index is 562. The van der Waals surface area contributed by atoms with Gasteiger partial charge in [0.2, 0.25) is 5.91 Å². The van der Waals surface area contributed by atoms with Crippen molar-refractivity contribution in [3.63, 3.8) is 0 Å². The standard InChI is InChI=1S/C16H20Cl2N2O2.ClH/c17-11-4-10(5-12(18)6-11)13(21)7-20-16(22)14-8-1-2-9(3-8)15(14)19;/h4-6,8-9,13-15,21H,1-3,7,19H2,(H,20,22);1H. The van der Waals surface area contributed by atoms with Gasteiger partial charge in [0.1, 0.15) is 0 Å². The van der Waals surface area contributed by atoms with Crippen molar-refractivity contribution in [1.29, 1.82) is 0 Å². The molecule has 1 aromatic carbocycles. The number of benzene rings is 1. The number of carbonyl (C=O) groups is 1. The monoisotopic (exact) mass is 378 g/mol. The highest BCUT2D eigenvalue weighted by Gasteiger charge is 2.48. The molecule has 4 nitrogen and oxygen atoms in total. The number of rotatable bonds is 4. The van der Waals surface area contributed by atoms with E-state index >= 15 is 0 Å². The van der Waals surface area contributed by atoms with Crippen LogP contribution in [0.25, 0.3) is 0 Å². The molecular formula is C16H21Cl3N2O2. The first-order valence-electron chi connectivity index (χ1n) is 7.63. The molecule has 0 heterocycles. The highest BCUT2D eigenvalue weighted by molar-refractivity contribution is 6.34. The summed E-state index contributed by atoms with van der Waals surface area (Å²) < 4.78 is 0. The number of aliphatic hydroxyl groups is 1. The molecule has 2 bridgehead atoms. The third-order valence-corrected chi connectivity index (χ3v) is 5.46. The fraction of sp³-hybridized carbons (Fsp3) is 0.562. The molecule has 0 aliphatic heterocycles. The van der Waals surface area contributed by atoms with Crippen molar-refractivity contribution in [2.24, 2.45) is 23.5 Å². The van der Waals surface area contributed by atoms with Crippen LogP contribution in [0.5, 0.6) is 0 Å². The highest BCUT2D eigenvalue weighted by Crippen LogP contribution is 2.47. The van der Waals surface area contributed by atoms with Crippen molar-refractivity contribution in [3.05, 3.63) is 33.8 Å². The van der Waals surface area contributed by atoms with Crippen LogP contribution in [-0.2, 0) is 4.79 Å². The van der Waals surface area contributed by atoms with Crippen molar-refractivity contribution in [2.45, 2.75) is 31.4 Å². The Labute approximate surface area is 152 Å². The molecule has 0 aromatic heterocycles. The number of amides is 1. The number of nitrogens with two attached hydrogens (primary N) is 1. The van der Waals surface area contributed by atoms with E-state index in [0.717, 1.165) is 19.3 Å². The van der Waals surface area contributed by atoms with Crippen LogP contribution in [0.4, 0.5) is 0 Å². The Morgan fingerprint density at radius 1 is 1.26 bits per heavy atom. The predicted octanol–water partition coefficient (Wildman–Crippen LogP) is 2.94. The minimum Gasteiger partial charge on any atom is -0.387 e. The summed E-state index contributed by atoms with van der Waals surface area (Å²) in [6.07, 6.45) is 2.45. The van der Waals surface area contributed by atoms with E-state index in [1.807, 2.05) is 0 Å². The van der Waals surface area contributed by atoms with E-state index < -0.39 is 6.10 Å². The van der Waals surface area contributed by atoms with E-state index in [-0.39, 0.29) is 36.8 Å². The van der Waals surface area contributed by atoms with Crippen molar-refractivity contribution in [2.75, 3.05) is 6.54 Å². The first-order valence-corrected chi connectivity index (χ1v) is 8.38. The Morgan fingerprint density at radius 3 is 2.43 bits per heavy atom. The lowest BCUT2D eigenvalue weighted by Gasteiger charge is -2.27. The van der Waals surface area contributed by atoms with Crippen LogP contribution in [0.2, 0.25) is 10.0 Å². The summed E-state index contributed by atoms with van der Waals surface area (Å²) >= 11 is 11.8. The highest BCUT2D eigenvalue weighted by atomic mass is 35.5. The van der Waals surface area contributed by atoms with Gasteiger partial charge >= 0.3 is 0 Å². The first kappa shape index (κ1) is 18.8. The van der Waals surface area contributed by atoms with Gasteiger partial charge in [0.25, 0.3) is 0 Å². The van der Waals surface area contributed by atoms with Gasteiger partial charge in [-0.15, -0.1) is 12.4 Å². The van der Waals surface area contributed by atoms with E-state index in [0.29, 0.717) is 27.4 Å². The molecular weight excluding hydrogens is 359 g/mol. The van der Waals surface area contributed by atoms with Crippen LogP contribution >= 0.6 is 35.6 Å². The molecule has 2 fully saturated rings. The minimum absolute atomic E-state index is 0. The van der Waals surface area contributed by atoms with Crippen LogP contribution < -0.4 is 11.1 Å². The van der Waals surface area contributed by atoms with E-state index in [2.05, 4.69) is 5.32 Å². The summed E-state index contributed by atoms with van der Waals surface area (Å²) in [5.41, 5.74) is 6.76. The summed E-state index contributed by atoms with van der Waals surface area (Å²) in [5, 5.41) is 13.9. The van der Waals surface area contributed by atoms with Crippen LogP contribution in [-0.4, -0.2) is 23.6 Å². The van der Waals surface area contributed by atoms with Crippen LogP contribution in [0.3, 0.4) is 0 Å². The maximum Gasteiger partial charge on any atom is 0.225 e. The number of aliphatic hydroxyl groups excluding tert-OH is 1. The van der Waals surface area contributed by atoms with Crippen molar-refractivity contribution in [3.8, 4) is 0 Å². The number of hydrogen-bond donors (Lipinski definition) is 3. The second-order valence-electron chi connectivity index (χ2n) is 6.40. The zero-order valence-corrected chi connectivity index (χ0v) is 14.9. The number of hydrogen-bond acceptors (Lipinski definition) is 3. The molecule has 0 radical (unpaired) electrons. The fourth-order valence-electron chi connectivity index (χ4n) is 3.93. The lowest BCUT2D eigenvalue weighted by Crippen LogP contribution is -2.46. The van der Waals surface area contributed by atoms with Gasteiger partial charge < -0.3 is 16.2 Å². The van der Waals surface area contributed by atoms with Crippen molar-refractivity contribution < 1.29 is 9.90 Å². The molecule has 1 aromatic rings. The fourth-order valence-corrected chi connectivity index (χ4v) is 4.47. The maximum absolute atomic E-state index is 12.4. The van der Waals surface area contributed by atoms with Crippen LogP contribution in [0.1, 0.15) is 30.9 Å². The number of carbonyl (C=O) groups excluding carboxylic acids is 1. The largest absolute Gasteiger partial charge is 0.387 e. The average molecular weight is 380 g/mol. The zero-order chi connectivity index (χ0) is 15.9. The maximum atomic E-state index is 12.4. The Kier molecular flexibility index (Phi) is 6.20. The lowest BCUT2D eigenvalue weighted by molar-refractivity contribution is -0.127. The second kappa shape index (κ2) is 7.58. The van der Waals surface area contributed by atoms with Gasteiger partial charge in [0, 0.05) is 22.6 Å². The number of halogens is 3. The van der Waals surface area contributed by atoms with Gasteiger partial charge in [0.05, 0.1) is 12.0 Å². The Morgan fingerprint density at radius 2 is 1.87 bits per heavy atom. The first-order chi connectivity index (χ1) is 10.5. The van der Waals surface area contributed by atoms with Crippen molar-refractivity contribution in [1.82, 2.24) is 5.32 Å². The lowest BCUT2D eigenvalue weighted by atomic mass is 9.84. The Hall–Kier alpha value is -0.520. The number of nitrogens with one attached hydrogen (secondary N) is 1. The summed E-state index contributed by atoms with van der Waals surface area (Å²) in [6, 6.07) is 4.85. The molecule has 0 spiro atoms.